The molecule has 0 bridgehead atoms. The van der Waals surface area contributed by atoms with Gasteiger partial charge in [0.25, 0.3) is 5.91 Å². The number of rotatable bonds is 5. The second-order valence-electron chi connectivity index (χ2n) is 3.51. The minimum Gasteiger partial charge on any atom is -0.370 e. The van der Waals surface area contributed by atoms with Crippen LogP contribution in [0.15, 0.2) is 0 Å². The highest BCUT2D eigenvalue weighted by molar-refractivity contribution is 5.82. The Labute approximate surface area is 78.8 Å². The van der Waals surface area contributed by atoms with Crippen molar-refractivity contribution in [3.05, 3.63) is 0 Å². The van der Waals surface area contributed by atoms with Crippen molar-refractivity contribution in [2.24, 2.45) is 5.73 Å². The van der Waals surface area contributed by atoms with E-state index in [9.17, 15) is 4.79 Å². The number of amides is 1. The zero-order valence-corrected chi connectivity index (χ0v) is 8.25. The first kappa shape index (κ1) is 10.5. The summed E-state index contributed by atoms with van der Waals surface area (Å²) in [6.07, 6.45) is 2.43. The molecular weight excluding hydrogens is 168 g/mol. The highest BCUT2D eigenvalue weighted by Gasteiger charge is 2.29. The summed E-state index contributed by atoms with van der Waals surface area (Å²) in [6.45, 7) is 1.95. The van der Waals surface area contributed by atoms with E-state index >= 15 is 0 Å². The Morgan fingerprint density at radius 3 is 2.69 bits per heavy atom. The molecule has 76 valence electrons. The SMILES string of the molecule is CC[C@H](N)C(OC)C(=O)NC1CC1. The number of ether oxygens (including phenoxy) is 1. The molecule has 1 amide bonds. The van der Waals surface area contributed by atoms with Gasteiger partial charge in [0.15, 0.2) is 6.10 Å². The number of hydrogen-bond donors (Lipinski definition) is 2. The van der Waals surface area contributed by atoms with Crippen LogP contribution in [-0.2, 0) is 9.53 Å². The average molecular weight is 186 g/mol. The Morgan fingerprint density at radius 2 is 2.31 bits per heavy atom. The Kier molecular flexibility index (Phi) is 3.69. The fraction of sp³-hybridized carbons (Fsp3) is 0.889. The molecule has 0 aromatic carbocycles. The summed E-state index contributed by atoms with van der Waals surface area (Å²) in [4.78, 5) is 11.5. The predicted octanol–water partition coefficient (Wildman–Crippen LogP) is 0.0173. The van der Waals surface area contributed by atoms with Crippen molar-refractivity contribution in [1.29, 1.82) is 0 Å². The van der Waals surface area contributed by atoms with Gasteiger partial charge >= 0.3 is 0 Å². The van der Waals surface area contributed by atoms with Gasteiger partial charge in [-0.05, 0) is 19.3 Å². The number of carbonyl (C=O) groups excluding carboxylic acids is 1. The molecule has 0 spiro atoms. The summed E-state index contributed by atoms with van der Waals surface area (Å²) in [5.74, 6) is -0.0700. The first-order valence-corrected chi connectivity index (χ1v) is 4.77. The second-order valence-corrected chi connectivity index (χ2v) is 3.51. The molecule has 1 unspecified atom stereocenters. The third kappa shape index (κ3) is 2.97. The van der Waals surface area contributed by atoms with Crippen molar-refractivity contribution < 1.29 is 9.53 Å². The zero-order valence-electron chi connectivity index (χ0n) is 8.25. The van der Waals surface area contributed by atoms with Crippen LogP contribution in [0.2, 0.25) is 0 Å². The Morgan fingerprint density at radius 1 is 1.69 bits per heavy atom. The first-order valence-electron chi connectivity index (χ1n) is 4.77. The summed E-state index contributed by atoms with van der Waals surface area (Å²) in [5, 5.41) is 2.88. The van der Waals surface area contributed by atoms with E-state index in [4.69, 9.17) is 10.5 Å². The molecule has 0 aliphatic heterocycles. The van der Waals surface area contributed by atoms with Gasteiger partial charge in [-0.15, -0.1) is 0 Å². The normalized spacial score (nSPS) is 20.8. The van der Waals surface area contributed by atoms with Gasteiger partial charge < -0.3 is 15.8 Å². The second kappa shape index (κ2) is 4.58. The smallest absolute Gasteiger partial charge is 0.250 e. The van der Waals surface area contributed by atoms with Gasteiger partial charge in [0.2, 0.25) is 0 Å². The largest absolute Gasteiger partial charge is 0.370 e. The lowest BCUT2D eigenvalue weighted by atomic mass is 10.1. The molecule has 1 aliphatic carbocycles. The summed E-state index contributed by atoms with van der Waals surface area (Å²) in [7, 11) is 1.52. The van der Waals surface area contributed by atoms with E-state index in [1.807, 2.05) is 6.92 Å². The third-order valence-corrected chi connectivity index (χ3v) is 2.30. The lowest BCUT2D eigenvalue weighted by molar-refractivity contribution is -0.132. The molecule has 0 aromatic heterocycles. The van der Waals surface area contributed by atoms with E-state index < -0.39 is 6.10 Å². The zero-order chi connectivity index (χ0) is 9.84. The average Bonchev–Trinajstić information content (AvgIpc) is 2.89. The third-order valence-electron chi connectivity index (χ3n) is 2.30. The lowest BCUT2D eigenvalue weighted by Crippen LogP contribution is -2.47. The topological polar surface area (TPSA) is 64.3 Å². The maximum Gasteiger partial charge on any atom is 0.250 e. The van der Waals surface area contributed by atoms with Gasteiger partial charge in [0, 0.05) is 19.2 Å². The molecule has 0 aromatic rings. The van der Waals surface area contributed by atoms with Crippen LogP contribution in [0.25, 0.3) is 0 Å². The molecule has 4 heteroatoms. The molecule has 0 heterocycles. The summed E-state index contributed by atoms with van der Waals surface area (Å²) < 4.78 is 5.06. The molecule has 0 saturated heterocycles. The molecule has 1 fully saturated rings. The first-order chi connectivity index (χ1) is 6.19. The molecule has 1 saturated carbocycles. The summed E-state index contributed by atoms with van der Waals surface area (Å²) in [6, 6.07) is 0.165. The van der Waals surface area contributed by atoms with Crippen molar-refractivity contribution in [2.75, 3.05) is 7.11 Å². The van der Waals surface area contributed by atoms with E-state index in [2.05, 4.69) is 5.32 Å². The quantitative estimate of drug-likeness (QED) is 0.636. The van der Waals surface area contributed by atoms with Crippen LogP contribution < -0.4 is 11.1 Å². The number of carbonyl (C=O) groups is 1. The van der Waals surface area contributed by atoms with Crippen molar-refractivity contribution in [2.45, 2.75) is 44.4 Å². The van der Waals surface area contributed by atoms with Crippen molar-refractivity contribution in [3.8, 4) is 0 Å². The van der Waals surface area contributed by atoms with Gasteiger partial charge in [-0.1, -0.05) is 6.92 Å². The van der Waals surface area contributed by atoms with Crippen LogP contribution >= 0.6 is 0 Å². The number of nitrogens with one attached hydrogen (secondary N) is 1. The fourth-order valence-electron chi connectivity index (χ4n) is 1.20. The molecule has 1 rings (SSSR count). The molecule has 4 nitrogen and oxygen atoms in total. The van der Waals surface area contributed by atoms with Gasteiger partial charge in [-0.2, -0.15) is 0 Å². The molecule has 3 N–H and O–H groups in total. The number of hydrogen-bond acceptors (Lipinski definition) is 3. The predicted molar refractivity (Wildman–Crippen MR) is 50.2 cm³/mol. The maximum absolute atomic E-state index is 11.5. The van der Waals surface area contributed by atoms with Crippen LogP contribution in [-0.4, -0.2) is 31.2 Å². The van der Waals surface area contributed by atoms with Gasteiger partial charge in [-0.25, -0.2) is 0 Å². The van der Waals surface area contributed by atoms with E-state index in [1.54, 1.807) is 0 Å². The van der Waals surface area contributed by atoms with Crippen molar-refractivity contribution >= 4 is 5.91 Å². The van der Waals surface area contributed by atoms with Crippen LogP contribution in [0.5, 0.6) is 0 Å². The van der Waals surface area contributed by atoms with Crippen LogP contribution in [0.3, 0.4) is 0 Å². The standard InChI is InChI=1S/C9H18N2O2/c1-3-7(10)8(13-2)9(12)11-6-4-5-6/h6-8H,3-5,10H2,1-2H3,(H,11,12)/t7-,8?/m0/s1. The summed E-state index contributed by atoms with van der Waals surface area (Å²) >= 11 is 0. The molecule has 1 aliphatic rings. The van der Waals surface area contributed by atoms with E-state index in [-0.39, 0.29) is 11.9 Å². The Balaban J connectivity index is 2.38. The highest BCUT2D eigenvalue weighted by atomic mass is 16.5. The number of nitrogens with two attached hydrogens (primary N) is 1. The minimum absolute atomic E-state index is 0.0700. The van der Waals surface area contributed by atoms with E-state index in [0.29, 0.717) is 6.04 Å². The van der Waals surface area contributed by atoms with Gasteiger partial charge in [-0.3, -0.25) is 4.79 Å². The monoisotopic (exact) mass is 186 g/mol. The molecular formula is C9H18N2O2. The van der Waals surface area contributed by atoms with E-state index in [0.717, 1.165) is 19.3 Å². The molecule has 13 heavy (non-hydrogen) atoms. The number of methoxy groups -OCH3 is 1. The van der Waals surface area contributed by atoms with Gasteiger partial charge in [0.05, 0.1) is 0 Å². The molecule has 0 radical (unpaired) electrons. The van der Waals surface area contributed by atoms with Crippen molar-refractivity contribution in [3.63, 3.8) is 0 Å². The Bertz CT molecular complexity index is 180. The fourth-order valence-corrected chi connectivity index (χ4v) is 1.20. The van der Waals surface area contributed by atoms with Gasteiger partial charge in [0.1, 0.15) is 0 Å². The van der Waals surface area contributed by atoms with Crippen LogP contribution in [0, 0.1) is 0 Å². The lowest BCUT2D eigenvalue weighted by Gasteiger charge is -2.20. The Hall–Kier alpha value is -0.610. The summed E-state index contributed by atoms with van der Waals surface area (Å²) in [5.41, 5.74) is 5.74. The van der Waals surface area contributed by atoms with Crippen molar-refractivity contribution in [1.82, 2.24) is 5.32 Å². The van der Waals surface area contributed by atoms with Crippen LogP contribution in [0.4, 0.5) is 0 Å². The maximum atomic E-state index is 11.5. The minimum atomic E-state index is -0.495. The van der Waals surface area contributed by atoms with Crippen LogP contribution in [0.1, 0.15) is 26.2 Å². The highest BCUT2D eigenvalue weighted by Crippen LogP contribution is 2.19. The van der Waals surface area contributed by atoms with E-state index in [1.165, 1.54) is 7.11 Å². The molecule has 2 atom stereocenters.